The fourth-order valence-corrected chi connectivity index (χ4v) is 2.77. The van der Waals surface area contributed by atoms with Gasteiger partial charge in [-0.1, -0.05) is 29.0 Å². The number of alkyl halides is 1. The van der Waals surface area contributed by atoms with Crippen molar-refractivity contribution in [2.75, 3.05) is 5.88 Å². The van der Waals surface area contributed by atoms with Crippen LogP contribution in [0.1, 0.15) is 17.0 Å². The predicted molar refractivity (Wildman–Crippen MR) is 74.1 cm³/mol. The van der Waals surface area contributed by atoms with Gasteiger partial charge in [0, 0.05) is 22.9 Å². The van der Waals surface area contributed by atoms with Crippen LogP contribution in [0.3, 0.4) is 0 Å². The van der Waals surface area contributed by atoms with Gasteiger partial charge in [0.1, 0.15) is 10.0 Å². The van der Waals surface area contributed by atoms with Crippen LogP contribution in [0.25, 0.3) is 10.6 Å². The molecular formula is C12H12Cl2N2S. The van der Waals surface area contributed by atoms with Gasteiger partial charge < -0.3 is 0 Å². The van der Waals surface area contributed by atoms with E-state index < -0.39 is 0 Å². The Bertz CT molecular complexity index is 511. The highest BCUT2D eigenvalue weighted by molar-refractivity contribution is 7.14. The Hall–Kier alpha value is -0.640. The van der Waals surface area contributed by atoms with Crippen LogP contribution in [0.2, 0.25) is 5.02 Å². The molecule has 5 heteroatoms. The zero-order chi connectivity index (χ0) is 12.3. The molecule has 0 bridgehead atoms. The Morgan fingerprint density at radius 2 is 2.12 bits per heavy atom. The minimum atomic E-state index is 0.658. The standard InChI is InChI=1S/C12H12Cl2N2S/c1-8-4-5-9(14)7-10(8)12-16-15-11(17-12)3-2-6-13/h4-5,7H,2-3,6H2,1H3. The second kappa shape index (κ2) is 5.80. The lowest BCUT2D eigenvalue weighted by atomic mass is 10.1. The number of halogens is 2. The van der Waals surface area contributed by atoms with E-state index in [0.717, 1.165) is 39.0 Å². The lowest BCUT2D eigenvalue weighted by molar-refractivity contribution is 0.884. The minimum absolute atomic E-state index is 0.658. The first-order valence-corrected chi connectivity index (χ1v) is 7.08. The molecule has 2 nitrogen and oxygen atoms in total. The molecule has 1 aromatic carbocycles. The van der Waals surface area contributed by atoms with Gasteiger partial charge in [0.25, 0.3) is 0 Å². The van der Waals surface area contributed by atoms with E-state index in [1.807, 2.05) is 25.1 Å². The highest BCUT2D eigenvalue weighted by atomic mass is 35.5. The van der Waals surface area contributed by atoms with Crippen LogP contribution in [0.4, 0.5) is 0 Å². The van der Waals surface area contributed by atoms with Crippen molar-refractivity contribution in [3.63, 3.8) is 0 Å². The second-order valence-electron chi connectivity index (χ2n) is 3.75. The molecule has 0 aliphatic carbocycles. The van der Waals surface area contributed by atoms with Crippen LogP contribution in [0.5, 0.6) is 0 Å². The first kappa shape index (κ1) is 12.8. The van der Waals surface area contributed by atoms with Crippen molar-refractivity contribution in [2.24, 2.45) is 0 Å². The van der Waals surface area contributed by atoms with Crippen molar-refractivity contribution < 1.29 is 0 Å². The van der Waals surface area contributed by atoms with Gasteiger partial charge in [-0.05, 0) is 31.0 Å². The van der Waals surface area contributed by atoms with Crippen LogP contribution in [-0.2, 0) is 6.42 Å². The molecule has 0 saturated heterocycles. The average molecular weight is 287 g/mol. The summed E-state index contributed by atoms with van der Waals surface area (Å²) in [5.74, 6) is 0.658. The fourth-order valence-electron chi connectivity index (χ4n) is 1.51. The van der Waals surface area contributed by atoms with E-state index in [0.29, 0.717) is 5.88 Å². The van der Waals surface area contributed by atoms with E-state index in [1.54, 1.807) is 11.3 Å². The molecule has 0 aliphatic heterocycles. The molecule has 2 rings (SSSR count). The monoisotopic (exact) mass is 286 g/mol. The molecule has 0 atom stereocenters. The minimum Gasteiger partial charge on any atom is -0.143 e. The Kier molecular flexibility index (Phi) is 4.37. The molecule has 0 amide bonds. The summed E-state index contributed by atoms with van der Waals surface area (Å²) in [6.07, 6.45) is 1.82. The number of nitrogens with zero attached hydrogens (tertiary/aromatic N) is 2. The molecule has 0 aliphatic rings. The molecule has 0 saturated carbocycles. The summed E-state index contributed by atoms with van der Waals surface area (Å²) in [7, 11) is 0. The molecule has 1 heterocycles. The summed E-state index contributed by atoms with van der Waals surface area (Å²) in [5, 5.41) is 11.1. The summed E-state index contributed by atoms with van der Waals surface area (Å²) >= 11 is 13.3. The van der Waals surface area contributed by atoms with Gasteiger partial charge in [-0.2, -0.15) is 0 Å². The lowest BCUT2D eigenvalue weighted by Gasteiger charge is -2.01. The maximum absolute atomic E-state index is 6.00. The zero-order valence-electron chi connectivity index (χ0n) is 9.41. The Labute approximate surface area is 115 Å². The Balaban J connectivity index is 2.27. The van der Waals surface area contributed by atoms with Crippen molar-refractivity contribution in [1.82, 2.24) is 10.2 Å². The molecule has 90 valence electrons. The maximum Gasteiger partial charge on any atom is 0.148 e. The molecule has 17 heavy (non-hydrogen) atoms. The number of hydrogen-bond donors (Lipinski definition) is 0. The number of hydrogen-bond acceptors (Lipinski definition) is 3. The second-order valence-corrected chi connectivity index (χ2v) is 5.63. The van der Waals surface area contributed by atoms with Gasteiger partial charge in [0.2, 0.25) is 0 Å². The van der Waals surface area contributed by atoms with Gasteiger partial charge >= 0.3 is 0 Å². The van der Waals surface area contributed by atoms with E-state index in [1.165, 1.54) is 0 Å². The Morgan fingerprint density at radius 1 is 1.29 bits per heavy atom. The van der Waals surface area contributed by atoms with Crippen molar-refractivity contribution in [2.45, 2.75) is 19.8 Å². The van der Waals surface area contributed by atoms with Gasteiger partial charge in [0.05, 0.1) is 0 Å². The third kappa shape index (κ3) is 3.18. The first-order valence-electron chi connectivity index (χ1n) is 5.35. The molecular weight excluding hydrogens is 275 g/mol. The highest BCUT2D eigenvalue weighted by Gasteiger charge is 2.09. The van der Waals surface area contributed by atoms with Crippen molar-refractivity contribution in [3.05, 3.63) is 33.8 Å². The van der Waals surface area contributed by atoms with E-state index in [-0.39, 0.29) is 0 Å². The maximum atomic E-state index is 6.00. The summed E-state index contributed by atoms with van der Waals surface area (Å²) in [5.41, 5.74) is 2.22. The third-order valence-corrected chi connectivity index (χ3v) is 3.94. The first-order chi connectivity index (χ1) is 8.20. The largest absolute Gasteiger partial charge is 0.148 e. The van der Waals surface area contributed by atoms with Crippen LogP contribution in [0.15, 0.2) is 18.2 Å². The Morgan fingerprint density at radius 3 is 2.88 bits per heavy atom. The molecule has 1 aromatic heterocycles. The van der Waals surface area contributed by atoms with Crippen molar-refractivity contribution in [3.8, 4) is 10.6 Å². The highest BCUT2D eigenvalue weighted by Crippen LogP contribution is 2.29. The van der Waals surface area contributed by atoms with E-state index in [2.05, 4.69) is 10.2 Å². The zero-order valence-corrected chi connectivity index (χ0v) is 11.7. The van der Waals surface area contributed by atoms with Crippen LogP contribution >= 0.6 is 34.5 Å². The van der Waals surface area contributed by atoms with Gasteiger partial charge in [-0.15, -0.1) is 21.8 Å². The summed E-state index contributed by atoms with van der Waals surface area (Å²) in [4.78, 5) is 0. The normalized spacial score (nSPS) is 10.8. The van der Waals surface area contributed by atoms with Gasteiger partial charge in [0.15, 0.2) is 0 Å². The number of rotatable bonds is 4. The predicted octanol–water partition coefficient (Wildman–Crippen LogP) is 4.34. The van der Waals surface area contributed by atoms with Gasteiger partial charge in [-0.25, -0.2) is 0 Å². The number of benzene rings is 1. The molecule has 0 unspecified atom stereocenters. The van der Waals surface area contributed by atoms with Crippen LogP contribution in [-0.4, -0.2) is 16.1 Å². The molecule has 0 fully saturated rings. The van der Waals surface area contributed by atoms with Crippen LogP contribution < -0.4 is 0 Å². The average Bonchev–Trinajstić information content (AvgIpc) is 2.78. The summed E-state index contributed by atoms with van der Waals surface area (Å²) < 4.78 is 0. The third-order valence-electron chi connectivity index (χ3n) is 2.42. The van der Waals surface area contributed by atoms with E-state index in [9.17, 15) is 0 Å². The fraction of sp³-hybridized carbons (Fsp3) is 0.333. The van der Waals surface area contributed by atoms with Gasteiger partial charge in [-0.3, -0.25) is 0 Å². The molecule has 0 spiro atoms. The lowest BCUT2D eigenvalue weighted by Crippen LogP contribution is -1.84. The number of aryl methyl sites for hydroxylation is 2. The van der Waals surface area contributed by atoms with E-state index >= 15 is 0 Å². The summed E-state index contributed by atoms with van der Waals surface area (Å²) in [6.45, 7) is 2.05. The quantitative estimate of drug-likeness (QED) is 0.782. The summed E-state index contributed by atoms with van der Waals surface area (Å²) in [6, 6.07) is 5.82. The molecule has 0 radical (unpaired) electrons. The SMILES string of the molecule is Cc1ccc(Cl)cc1-c1nnc(CCCCl)s1. The topological polar surface area (TPSA) is 25.8 Å². The molecule has 2 aromatic rings. The van der Waals surface area contributed by atoms with E-state index in [4.69, 9.17) is 23.2 Å². The van der Waals surface area contributed by atoms with Crippen LogP contribution in [0, 0.1) is 6.92 Å². The molecule has 0 N–H and O–H groups in total. The van der Waals surface area contributed by atoms with Crippen molar-refractivity contribution >= 4 is 34.5 Å². The smallest absolute Gasteiger partial charge is 0.143 e. The van der Waals surface area contributed by atoms with Crippen molar-refractivity contribution in [1.29, 1.82) is 0 Å². The number of aromatic nitrogens is 2.